The largest absolute Gasteiger partial charge is 0.468 e. The Hall–Kier alpha value is -3.75. The van der Waals surface area contributed by atoms with Crippen LogP contribution < -0.4 is 5.32 Å². The first-order valence-electron chi connectivity index (χ1n) is 8.71. The maximum Gasteiger partial charge on any atom is 0.327 e. The molecule has 1 aromatic carbocycles. The molecular formula is C19H19N7O2. The average Bonchev–Trinajstić information content (AvgIpc) is 3.30. The topological polar surface area (TPSA) is 99.8 Å². The molecule has 3 aromatic heterocycles. The summed E-state index contributed by atoms with van der Waals surface area (Å²) in [6, 6.07) is 10.0. The van der Waals surface area contributed by atoms with Crippen molar-refractivity contribution in [3.05, 3.63) is 54.6 Å². The Balaban J connectivity index is 1.60. The number of benzene rings is 1. The number of nitrogens with zero attached hydrogens (tertiary/aromatic N) is 6. The molecular weight excluding hydrogens is 358 g/mol. The minimum atomic E-state index is -0.388. The van der Waals surface area contributed by atoms with Gasteiger partial charge < -0.3 is 10.1 Å². The molecule has 0 radical (unpaired) electrons. The molecule has 0 atom stereocenters. The molecule has 1 N–H and O–H groups in total. The van der Waals surface area contributed by atoms with E-state index in [1.807, 2.05) is 43.6 Å². The number of carbonyl (C=O) groups is 1. The first-order chi connectivity index (χ1) is 13.7. The maximum atomic E-state index is 11.5. The lowest BCUT2D eigenvalue weighted by Crippen LogP contribution is -2.13. The molecule has 3 heterocycles. The van der Waals surface area contributed by atoms with Crippen molar-refractivity contribution in [1.82, 2.24) is 29.5 Å². The van der Waals surface area contributed by atoms with Crippen molar-refractivity contribution in [2.75, 3.05) is 12.4 Å². The quantitative estimate of drug-likeness (QED) is 0.513. The van der Waals surface area contributed by atoms with E-state index in [0.29, 0.717) is 18.0 Å². The van der Waals surface area contributed by atoms with E-state index in [1.54, 1.807) is 10.9 Å². The van der Waals surface area contributed by atoms with Crippen LogP contribution in [0.25, 0.3) is 22.3 Å². The molecule has 0 saturated heterocycles. The number of fused-ring (bicyclic) bond motifs is 1. The van der Waals surface area contributed by atoms with Gasteiger partial charge in [-0.15, -0.1) is 0 Å². The number of hydrogen-bond acceptors (Lipinski definition) is 7. The van der Waals surface area contributed by atoms with E-state index in [-0.39, 0.29) is 12.5 Å². The molecule has 0 fully saturated rings. The second-order valence-electron chi connectivity index (χ2n) is 6.23. The summed E-state index contributed by atoms with van der Waals surface area (Å²) in [7, 11) is 3.24. The standard InChI is InChI=1S/C19H19N7O2/c1-25-10-14(17(24-25)13-6-4-3-5-7-13)8-20-18-15-9-23-26(11-16(27)28-2)19(15)22-12-21-18/h3-7,9-10,12H,8,11H2,1-2H3,(H,20,21,22). The van der Waals surface area contributed by atoms with E-state index in [4.69, 9.17) is 4.74 Å². The van der Waals surface area contributed by atoms with Gasteiger partial charge in [-0.2, -0.15) is 10.2 Å². The molecule has 0 aliphatic heterocycles. The molecule has 0 bridgehead atoms. The molecule has 4 aromatic rings. The number of carbonyl (C=O) groups excluding carboxylic acids is 1. The highest BCUT2D eigenvalue weighted by molar-refractivity contribution is 5.87. The van der Waals surface area contributed by atoms with E-state index in [1.165, 1.54) is 18.1 Å². The molecule has 0 saturated carbocycles. The number of methoxy groups -OCH3 is 1. The van der Waals surface area contributed by atoms with E-state index in [9.17, 15) is 4.79 Å². The minimum Gasteiger partial charge on any atom is -0.468 e. The fraction of sp³-hybridized carbons (Fsp3) is 0.211. The van der Waals surface area contributed by atoms with Gasteiger partial charge in [0.05, 0.1) is 24.4 Å². The van der Waals surface area contributed by atoms with Gasteiger partial charge in [0, 0.05) is 30.9 Å². The van der Waals surface area contributed by atoms with Gasteiger partial charge in [-0.05, 0) is 0 Å². The normalized spacial score (nSPS) is 10.9. The van der Waals surface area contributed by atoms with Crippen LogP contribution in [-0.2, 0) is 29.7 Å². The molecule has 0 aliphatic carbocycles. The summed E-state index contributed by atoms with van der Waals surface area (Å²) in [4.78, 5) is 20.1. The van der Waals surface area contributed by atoms with E-state index in [2.05, 4.69) is 25.5 Å². The van der Waals surface area contributed by atoms with Crippen molar-refractivity contribution in [3.8, 4) is 11.3 Å². The summed E-state index contributed by atoms with van der Waals surface area (Å²) in [6.45, 7) is 0.531. The summed E-state index contributed by atoms with van der Waals surface area (Å²) in [6.07, 6.45) is 5.07. The Kier molecular flexibility index (Phi) is 4.71. The Morgan fingerprint density at radius 1 is 1.21 bits per heavy atom. The highest BCUT2D eigenvalue weighted by Crippen LogP contribution is 2.24. The van der Waals surface area contributed by atoms with Gasteiger partial charge in [-0.3, -0.25) is 9.48 Å². The van der Waals surface area contributed by atoms with Crippen molar-refractivity contribution in [2.45, 2.75) is 13.1 Å². The predicted molar refractivity (Wildman–Crippen MR) is 103 cm³/mol. The Labute approximate surface area is 161 Å². The molecule has 9 heteroatoms. The van der Waals surface area contributed by atoms with Gasteiger partial charge in [0.15, 0.2) is 5.65 Å². The average molecular weight is 377 g/mol. The van der Waals surface area contributed by atoms with Gasteiger partial charge in [0.2, 0.25) is 0 Å². The number of anilines is 1. The van der Waals surface area contributed by atoms with Gasteiger partial charge in [-0.25, -0.2) is 14.6 Å². The second kappa shape index (κ2) is 7.47. The van der Waals surface area contributed by atoms with Crippen LogP contribution in [0.3, 0.4) is 0 Å². The van der Waals surface area contributed by atoms with Crippen LogP contribution >= 0.6 is 0 Å². The van der Waals surface area contributed by atoms with Crippen LogP contribution in [0.2, 0.25) is 0 Å². The minimum absolute atomic E-state index is 0.00276. The van der Waals surface area contributed by atoms with Crippen LogP contribution in [0, 0.1) is 0 Å². The number of hydrogen-bond donors (Lipinski definition) is 1. The predicted octanol–water partition coefficient (Wildman–Crippen LogP) is 2.01. The van der Waals surface area contributed by atoms with Crippen LogP contribution in [-0.4, -0.2) is 42.6 Å². The third-order valence-corrected chi connectivity index (χ3v) is 4.34. The fourth-order valence-electron chi connectivity index (χ4n) is 3.02. The molecule has 4 rings (SSSR count). The summed E-state index contributed by atoms with van der Waals surface area (Å²) < 4.78 is 7.99. The van der Waals surface area contributed by atoms with Gasteiger partial charge in [-0.1, -0.05) is 30.3 Å². The third-order valence-electron chi connectivity index (χ3n) is 4.34. The molecule has 28 heavy (non-hydrogen) atoms. The molecule has 0 spiro atoms. The van der Waals surface area contributed by atoms with E-state index < -0.39 is 0 Å². The van der Waals surface area contributed by atoms with Crippen molar-refractivity contribution >= 4 is 22.8 Å². The zero-order chi connectivity index (χ0) is 19.5. The molecule has 0 unspecified atom stereocenters. The molecule has 0 aliphatic rings. The molecule has 142 valence electrons. The van der Waals surface area contributed by atoms with Crippen molar-refractivity contribution < 1.29 is 9.53 Å². The second-order valence-corrected chi connectivity index (χ2v) is 6.23. The summed E-state index contributed by atoms with van der Waals surface area (Å²) in [5.74, 6) is 0.255. The maximum absolute atomic E-state index is 11.5. The van der Waals surface area contributed by atoms with Crippen LogP contribution in [0.4, 0.5) is 5.82 Å². The molecule has 0 amide bonds. The van der Waals surface area contributed by atoms with Crippen molar-refractivity contribution in [2.24, 2.45) is 7.05 Å². The highest BCUT2D eigenvalue weighted by atomic mass is 16.5. The Bertz CT molecular complexity index is 1120. The first kappa shape index (κ1) is 17.7. The van der Waals surface area contributed by atoms with Crippen molar-refractivity contribution in [1.29, 1.82) is 0 Å². The van der Waals surface area contributed by atoms with E-state index >= 15 is 0 Å². The fourth-order valence-corrected chi connectivity index (χ4v) is 3.02. The van der Waals surface area contributed by atoms with Crippen LogP contribution in [0.5, 0.6) is 0 Å². The van der Waals surface area contributed by atoms with Gasteiger partial charge in [0.1, 0.15) is 18.7 Å². The van der Waals surface area contributed by atoms with E-state index in [0.717, 1.165) is 22.2 Å². The monoisotopic (exact) mass is 377 g/mol. The summed E-state index contributed by atoms with van der Waals surface area (Å²) in [5.41, 5.74) is 3.58. The zero-order valence-electron chi connectivity index (χ0n) is 15.5. The number of aryl methyl sites for hydroxylation is 1. The Morgan fingerprint density at radius 3 is 2.82 bits per heavy atom. The van der Waals surface area contributed by atoms with Gasteiger partial charge >= 0.3 is 5.97 Å². The zero-order valence-corrected chi connectivity index (χ0v) is 15.5. The lowest BCUT2D eigenvalue weighted by molar-refractivity contribution is -0.141. The number of rotatable bonds is 6. The lowest BCUT2D eigenvalue weighted by Gasteiger charge is -2.07. The number of ether oxygens (including phenoxy) is 1. The summed E-state index contributed by atoms with van der Waals surface area (Å²) >= 11 is 0. The van der Waals surface area contributed by atoms with Crippen LogP contribution in [0.15, 0.2) is 49.1 Å². The van der Waals surface area contributed by atoms with Crippen LogP contribution in [0.1, 0.15) is 5.56 Å². The number of nitrogens with one attached hydrogen (secondary N) is 1. The summed E-state index contributed by atoms with van der Waals surface area (Å²) in [5, 5.41) is 12.9. The first-order valence-corrected chi connectivity index (χ1v) is 8.71. The van der Waals surface area contributed by atoms with Gasteiger partial charge in [0.25, 0.3) is 0 Å². The highest BCUT2D eigenvalue weighted by Gasteiger charge is 2.14. The Morgan fingerprint density at radius 2 is 2.04 bits per heavy atom. The smallest absolute Gasteiger partial charge is 0.327 e. The third kappa shape index (κ3) is 3.41. The SMILES string of the molecule is COC(=O)Cn1ncc2c(NCc3cn(C)nc3-c3ccccc3)ncnc21. The number of esters is 1. The molecule has 9 nitrogen and oxygen atoms in total. The lowest BCUT2D eigenvalue weighted by atomic mass is 10.1. The van der Waals surface area contributed by atoms with Crippen molar-refractivity contribution in [3.63, 3.8) is 0 Å². The number of aromatic nitrogens is 6.